The lowest BCUT2D eigenvalue weighted by molar-refractivity contribution is -0.156. The van der Waals surface area contributed by atoms with Crippen LogP contribution in [0.5, 0.6) is 5.88 Å². The summed E-state index contributed by atoms with van der Waals surface area (Å²) in [6.45, 7) is 3.81. The molecule has 30 heavy (non-hydrogen) atoms. The minimum atomic E-state index is -4.59. The third-order valence-electron chi connectivity index (χ3n) is 4.61. The molecule has 0 saturated carbocycles. The average Bonchev–Trinajstić information content (AvgIpc) is 3.03. The van der Waals surface area contributed by atoms with Gasteiger partial charge < -0.3 is 24.3 Å². The van der Waals surface area contributed by atoms with E-state index in [4.69, 9.17) is 18.9 Å². The van der Waals surface area contributed by atoms with Gasteiger partial charge in [0.1, 0.15) is 30.7 Å². The number of hydrogen-bond donors (Lipinski definition) is 1. The number of nitrogens with zero attached hydrogens (tertiary/aromatic N) is 4. The molecule has 0 radical (unpaired) electrons. The summed E-state index contributed by atoms with van der Waals surface area (Å²) in [5.74, 6) is -0.581. The maximum atomic E-state index is 12.9. The molecule has 4 rings (SSSR count). The topological polar surface area (TPSA) is 101 Å². The van der Waals surface area contributed by atoms with Gasteiger partial charge in [-0.2, -0.15) is 13.2 Å². The van der Waals surface area contributed by atoms with Gasteiger partial charge in [-0.1, -0.05) is 0 Å². The molecule has 2 aliphatic rings. The van der Waals surface area contributed by atoms with Crippen molar-refractivity contribution in [2.45, 2.75) is 50.2 Å². The molecule has 0 spiro atoms. The summed E-state index contributed by atoms with van der Waals surface area (Å²) in [6.07, 6.45) is 0.336. The van der Waals surface area contributed by atoms with Crippen molar-refractivity contribution >= 4 is 5.82 Å². The van der Waals surface area contributed by atoms with Gasteiger partial charge in [-0.15, -0.1) is 0 Å². The minimum Gasteiger partial charge on any atom is -0.474 e. The molecule has 162 valence electrons. The molecule has 2 aromatic rings. The first-order chi connectivity index (χ1) is 14.2. The predicted molar refractivity (Wildman–Crippen MR) is 95.5 cm³/mol. The molecule has 12 heteroatoms. The SMILES string of the molecule is CC1(C)O[C@@H]2[C@H](O1)[C@@H](Nc1cncc(C(F)(F)F)n1)CO[C@@H]2COc1cnccn1. The predicted octanol–water partition coefficient (Wildman–Crippen LogP) is 2.06. The van der Waals surface area contributed by atoms with Crippen LogP contribution in [-0.4, -0.2) is 63.3 Å². The van der Waals surface area contributed by atoms with Crippen LogP contribution in [0.4, 0.5) is 19.0 Å². The summed E-state index contributed by atoms with van der Waals surface area (Å²) in [6, 6.07) is -0.498. The Balaban J connectivity index is 1.47. The molecule has 4 atom stereocenters. The normalized spacial score (nSPS) is 28.0. The number of halogens is 3. The van der Waals surface area contributed by atoms with E-state index >= 15 is 0 Å². The molecule has 9 nitrogen and oxygen atoms in total. The highest BCUT2D eigenvalue weighted by Gasteiger charge is 2.52. The van der Waals surface area contributed by atoms with Gasteiger partial charge in [0.05, 0.1) is 31.2 Å². The second kappa shape index (κ2) is 7.93. The van der Waals surface area contributed by atoms with Gasteiger partial charge in [0, 0.05) is 12.4 Å². The monoisotopic (exact) mass is 427 g/mol. The maximum absolute atomic E-state index is 12.9. The smallest absolute Gasteiger partial charge is 0.434 e. The van der Waals surface area contributed by atoms with Gasteiger partial charge in [0.15, 0.2) is 11.5 Å². The lowest BCUT2D eigenvalue weighted by atomic mass is 9.98. The number of hydrogen-bond acceptors (Lipinski definition) is 9. The summed E-state index contributed by atoms with van der Waals surface area (Å²) >= 11 is 0. The number of nitrogens with one attached hydrogen (secondary N) is 1. The van der Waals surface area contributed by atoms with Crippen LogP contribution in [0.3, 0.4) is 0 Å². The Kier molecular flexibility index (Phi) is 5.47. The van der Waals surface area contributed by atoms with Crippen LogP contribution < -0.4 is 10.1 Å². The summed E-state index contributed by atoms with van der Waals surface area (Å²) in [5.41, 5.74) is -1.08. The highest BCUT2D eigenvalue weighted by atomic mass is 19.4. The number of alkyl halides is 3. The van der Waals surface area contributed by atoms with E-state index in [1.807, 2.05) is 0 Å². The Morgan fingerprint density at radius 1 is 1.13 bits per heavy atom. The van der Waals surface area contributed by atoms with Gasteiger partial charge in [-0.05, 0) is 13.8 Å². The highest BCUT2D eigenvalue weighted by molar-refractivity contribution is 5.35. The van der Waals surface area contributed by atoms with E-state index in [0.717, 1.165) is 0 Å². The fraction of sp³-hybridized carbons (Fsp3) is 0.556. The van der Waals surface area contributed by atoms with Crippen LogP contribution >= 0.6 is 0 Å². The molecule has 0 bridgehead atoms. The Hall–Kier alpha value is -2.57. The molecule has 0 aliphatic carbocycles. The van der Waals surface area contributed by atoms with E-state index < -0.39 is 42.0 Å². The number of aromatic nitrogens is 4. The van der Waals surface area contributed by atoms with Gasteiger partial charge in [-0.25, -0.2) is 9.97 Å². The van der Waals surface area contributed by atoms with Crippen molar-refractivity contribution in [1.82, 2.24) is 19.9 Å². The molecule has 0 aromatic carbocycles. The van der Waals surface area contributed by atoms with Crippen molar-refractivity contribution in [3.8, 4) is 5.88 Å². The van der Waals surface area contributed by atoms with E-state index in [1.165, 1.54) is 24.8 Å². The molecule has 0 unspecified atom stereocenters. The maximum Gasteiger partial charge on any atom is 0.434 e. The first-order valence-electron chi connectivity index (χ1n) is 9.23. The van der Waals surface area contributed by atoms with Crippen molar-refractivity contribution in [2.24, 2.45) is 0 Å². The van der Waals surface area contributed by atoms with Gasteiger partial charge in [-0.3, -0.25) is 9.97 Å². The minimum absolute atomic E-state index is 0.0280. The van der Waals surface area contributed by atoms with Crippen molar-refractivity contribution < 1.29 is 32.1 Å². The fourth-order valence-electron chi connectivity index (χ4n) is 3.39. The molecule has 4 heterocycles. The summed E-state index contributed by atoms with van der Waals surface area (Å²) in [5, 5.41) is 2.93. The van der Waals surface area contributed by atoms with Crippen LogP contribution in [-0.2, 0) is 20.4 Å². The van der Waals surface area contributed by atoms with Crippen LogP contribution in [0, 0.1) is 0 Å². The van der Waals surface area contributed by atoms with Crippen molar-refractivity contribution in [3.05, 3.63) is 36.7 Å². The molecule has 1 N–H and O–H groups in total. The summed E-state index contributed by atoms with van der Waals surface area (Å²) < 4.78 is 62.2. The third kappa shape index (κ3) is 4.60. The zero-order chi connectivity index (χ0) is 21.4. The second-order valence-electron chi connectivity index (χ2n) is 7.33. The van der Waals surface area contributed by atoms with Crippen molar-refractivity contribution in [2.75, 3.05) is 18.5 Å². The average molecular weight is 427 g/mol. The van der Waals surface area contributed by atoms with E-state index in [2.05, 4.69) is 25.3 Å². The van der Waals surface area contributed by atoms with E-state index in [0.29, 0.717) is 12.1 Å². The number of ether oxygens (including phenoxy) is 4. The Morgan fingerprint density at radius 3 is 2.67 bits per heavy atom. The van der Waals surface area contributed by atoms with E-state index in [1.54, 1.807) is 13.8 Å². The molecular formula is C18H20F3N5O4. The van der Waals surface area contributed by atoms with Gasteiger partial charge in [0.2, 0.25) is 5.88 Å². The van der Waals surface area contributed by atoms with Crippen molar-refractivity contribution in [3.63, 3.8) is 0 Å². The summed E-state index contributed by atoms with van der Waals surface area (Å²) in [7, 11) is 0. The lowest BCUT2D eigenvalue weighted by Gasteiger charge is -2.37. The van der Waals surface area contributed by atoms with Gasteiger partial charge in [0.25, 0.3) is 0 Å². The number of fused-ring (bicyclic) bond motifs is 1. The fourth-order valence-corrected chi connectivity index (χ4v) is 3.39. The standard InChI is InChI=1S/C18H20F3N5O4/c1-17(2)29-15-10(25-13-6-23-5-12(26-13)18(19,20)21)8-27-11(16(15)30-17)9-28-14-7-22-3-4-24-14/h3-7,10-11,15-16H,8-9H2,1-2H3,(H,25,26)/t10-,11+,15+,16-/m0/s1. The van der Waals surface area contributed by atoms with Crippen LogP contribution in [0.15, 0.2) is 31.0 Å². The zero-order valence-electron chi connectivity index (χ0n) is 16.2. The van der Waals surface area contributed by atoms with Gasteiger partial charge >= 0.3 is 6.18 Å². The number of rotatable bonds is 5. The Bertz CT molecular complexity index is 870. The molecule has 2 fully saturated rings. The third-order valence-corrected chi connectivity index (χ3v) is 4.61. The first kappa shape index (κ1) is 20.7. The number of anilines is 1. The molecular weight excluding hydrogens is 407 g/mol. The first-order valence-corrected chi connectivity index (χ1v) is 9.23. The highest BCUT2D eigenvalue weighted by Crippen LogP contribution is 2.36. The van der Waals surface area contributed by atoms with E-state index in [9.17, 15) is 13.2 Å². The van der Waals surface area contributed by atoms with Crippen LogP contribution in [0.2, 0.25) is 0 Å². The Morgan fingerprint density at radius 2 is 1.93 bits per heavy atom. The lowest BCUT2D eigenvalue weighted by Crippen LogP contribution is -2.55. The second-order valence-corrected chi connectivity index (χ2v) is 7.33. The zero-order valence-corrected chi connectivity index (χ0v) is 16.2. The molecule has 2 aromatic heterocycles. The Labute approximate surface area is 170 Å². The quantitative estimate of drug-likeness (QED) is 0.768. The molecule has 0 amide bonds. The van der Waals surface area contributed by atoms with Crippen LogP contribution in [0.1, 0.15) is 19.5 Å². The largest absolute Gasteiger partial charge is 0.474 e. The summed E-state index contributed by atoms with van der Waals surface area (Å²) in [4.78, 5) is 15.2. The van der Waals surface area contributed by atoms with E-state index in [-0.39, 0.29) is 19.0 Å². The van der Waals surface area contributed by atoms with Crippen molar-refractivity contribution in [1.29, 1.82) is 0 Å². The molecule has 2 aliphatic heterocycles. The van der Waals surface area contributed by atoms with Crippen LogP contribution in [0.25, 0.3) is 0 Å². The molecule has 2 saturated heterocycles.